The van der Waals surface area contributed by atoms with Crippen LogP contribution in [0.1, 0.15) is 16.8 Å². The van der Waals surface area contributed by atoms with E-state index in [0.717, 1.165) is 11.3 Å². The van der Waals surface area contributed by atoms with Gasteiger partial charge in [0.05, 0.1) is 12.1 Å². The fourth-order valence-corrected chi connectivity index (χ4v) is 2.34. The zero-order chi connectivity index (χ0) is 13.9. The third kappa shape index (κ3) is 2.42. The molecule has 5 nitrogen and oxygen atoms in total. The first-order chi connectivity index (χ1) is 9.74. The van der Waals surface area contributed by atoms with E-state index < -0.39 is 0 Å². The van der Waals surface area contributed by atoms with Crippen molar-refractivity contribution in [3.05, 3.63) is 63.6 Å². The Morgan fingerprint density at radius 1 is 1.20 bits per heavy atom. The Balaban J connectivity index is 1.72. The number of carbonyl (C=O) groups excluding carboxylic acids is 1. The molecule has 1 aromatic carbocycles. The van der Waals surface area contributed by atoms with Gasteiger partial charge in [0.1, 0.15) is 0 Å². The molecule has 2 N–H and O–H groups in total. The molecule has 0 atom stereocenters. The summed E-state index contributed by atoms with van der Waals surface area (Å²) in [7, 11) is 0. The number of benzene rings is 1. The molecule has 1 amide bonds. The minimum absolute atomic E-state index is 0.0693. The standard InChI is InChI=1S/C15H15N3O2/c19-14(7-6-11-4-2-1-3-5-11)18-9-8-13-12(10-18)15(20)17-16-13/h1-7H,8-10H2,(H2,16,17,20)/b7-6+. The first-order valence-corrected chi connectivity index (χ1v) is 6.54. The smallest absolute Gasteiger partial charge is 0.269 e. The normalized spacial score (nSPS) is 14.5. The molecule has 3 rings (SSSR count). The van der Waals surface area contributed by atoms with Gasteiger partial charge >= 0.3 is 0 Å². The van der Waals surface area contributed by atoms with Gasteiger partial charge in [0.15, 0.2) is 0 Å². The van der Waals surface area contributed by atoms with E-state index in [9.17, 15) is 9.59 Å². The average molecular weight is 269 g/mol. The van der Waals surface area contributed by atoms with Crippen LogP contribution in [0.3, 0.4) is 0 Å². The summed E-state index contributed by atoms with van der Waals surface area (Å²) in [6.07, 6.45) is 4.03. The van der Waals surface area contributed by atoms with Crippen molar-refractivity contribution in [1.29, 1.82) is 0 Å². The van der Waals surface area contributed by atoms with Crippen LogP contribution in [0.2, 0.25) is 0 Å². The molecule has 0 fully saturated rings. The molecule has 5 heteroatoms. The molecule has 2 heterocycles. The lowest BCUT2D eigenvalue weighted by Gasteiger charge is -2.24. The zero-order valence-corrected chi connectivity index (χ0v) is 10.9. The van der Waals surface area contributed by atoms with Gasteiger partial charge in [-0.1, -0.05) is 30.3 Å². The largest absolute Gasteiger partial charge is 0.334 e. The Morgan fingerprint density at radius 2 is 2.00 bits per heavy atom. The average Bonchev–Trinajstić information content (AvgIpc) is 2.87. The van der Waals surface area contributed by atoms with Gasteiger partial charge in [-0.05, 0) is 11.6 Å². The summed E-state index contributed by atoms with van der Waals surface area (Å²) >= 11 is 0. The predicted octanol–water partition coefficient (Wildman–Crippen LogP) is 1.30. The van der Waals surface area contributed by atoms with Crippen LogP contribution in [-0.2, 0) is 17.8 Å². The van der Waals surface area contributed by atoms with E-state index >= 15 is 0 Å². The Kier molecular flexibility index (Phi) is 3.25. The van der Waals surface area contributed by atoms with Gasteiger partial charge in [-0.25, -0.2) is 0 Å². The Bertz CT molecular complexity index is 697. The van der Waals surface area contributed by atoms with Crippen molar-refractivity contribution in [2.45, 2.75) is 13.0 Å². The van der Waals surface area contributed by atoms with Crippen LogP contribution in [0.4, 0.5) is 0 Å². The van der Waals surface area contributed by atoms with Crippen LogP contribution in [0.15, 0.2) is 41.2 Å². The van der Waals surface area contributed by atoms with Crippen molar-refractivity contribution in [2.75, 3.05) is 6.54 Å². The SMILES string of the molecule is O=C(/C=C/c1ccccc1)N1CCc2[nH][nH]c(=O)c2C1. The fourth-order valence-electron chi connectivity index (χ4n) is 2.34. The number of rotatable bonds is 2. The topological polar surface area (TPSA) is 69.0 Å². The van der Waals surface area contributed by atoms with Crippen LogP contribution < -0.4 is 5.56 Å². The van der Waals surface area contributed by atoms with E-state index in [1.54, 1.807) is 17.1 Å². The molecule has 20 heavy (non-hydrogen) atoms. The van der Waals surface area contributed by atoms with Crippen molar-refractivity contribution in [1.82, 2.24) is 15.1 Å². The molecule has 0 saturated heterocycles. The van der Waals surface area contributed by atoms with Gasteiger partial charge in [-0.2, -0.15) is 0 Å². The van der Waals surface area contributed by atoms with Crippen molar-refractivity contribution in [3.8, 4) is 0 Å². The van der Waals surface area contributed by atoms with Crippen LogP contribution in [-0.4, -0.2) is 27.5 Å². The monoisotopic (exact) mass is 269 g/mol. The number of H-pyrrole nitrogens is 2. The lowest BCUT2D eigenvalue weighted by Crippen LogP contribution is -2.36. The van der Waals surface area contributed by atoms with Crippen molar-refractivity contribution in [3.63, 3.8) is 0 Å². The number of aromatic nitrogens is 2. The highest BCUT2D eigenvalue weighted by Crippen LogP contribution is 2.13. The van der Waals surface area contributed by atoms with E-state index in [1.165, 1.54) is 0 Å². The molecule has 1 aliphatic rings. The fraction of sp³-hybridized carbons (Fsp3) is 0.200. The van der Waals surface area contributed by atoms with Gasteiger partial charge in [-0.3, -0.25) is 14.7 Å². The molecule has 0 bridgehead atoms. The highest BCUT2D eigenvalue weighted by atomic mass is 16.2. The van der Waals surface area contributed by atoms with Gasteiger partial charge in [0.2, 0.25) is 5.91 Å². The number of fused-ring (bicyclic) bond motifs is 1. The third-order valence-corrected chi connectivity index (χ3v) is 3.48. The number of nitrogens with zero attached hydrogens (tertiary/aromatic N) is 1. The number of nitrogens with one attached hydrogen (secondary N) is 2. The maximum Gasteiger partial charge on any atom is 0.269 e. The zero-order valence-electron chi connectivity index (χ0n) is 10.9. The van der Waals surface area contributed by atoms with E-state index in [1.807, 2.05) is 30.3 Å². The summed E-state index contributed by atoms with van der Waals surface area (Å²) in [6, 6.07) is 9.67. The van der Waals surface area contributed by atoms with Crippen molar-refractivity contribution in [2.24, 2.45) is 0 Å². The number of hydrogen-bond donors (Lipinski definition) is 2. The molecule has 0 radical (unpaired) electrons. The van der Waals surface area contributed by atoms with Gasteiger partial charge in [0, 0.05) is 24.7 Å². The van der Waals surface area contributed by atoms with Crippen LogP contribution in [0.25, 0.3) is 6.08 Å². The molecule has 0 unspecified atom stereocenters. The van der Waals surface area contributed by atoms with Crippen LogP contribution >= 0.6 is 0 Å². The number of aromatic amines is 2. The Hall–Kier alpha value is -2.56. The minimum atomic E-state index is -0.135. The second-order valence-corrected chi connectivity index (χ2v) is 4.79. The molecular weight excluding hydrogens is 254 g/mol. The third-order valence-electron chi connectivity index (χ3n) is 3.48. The Labute approximate surface area is 115 Å². The van der Waals surface area contributed by atoms with E-state index in [2.05, 4.69) is 10.2 Å². The van der Waals surface area contributed by atoms with Gasteiger partial charge in [0.25, 0.3) is 5.56 Å². The molecule has 1 aliphatic heterocycles. The molecule has 2 aromatic rings. The first-order valence-electron chi connectivity index (χ1n) is 6.54. The maximum atomic E-state index is 12.1. The summed E-state index contributed by atoms with van der Waals surface area (Å²) in [6.45, 7) is 0.991. The first kappa shape index (κ1) is 12.5. The van der Waals surface area contributed by atoms with E-state index in [-0.39, 0.29) is 11.5 Å². The molecule has 0 aliphatic carbocycles. The van der Waals surface area contributed by atoms with Crippen molar-refractivity contribution < 1.29 is 4.79 Å². The van der Waals surface area contributed by atoms with Gasteiger partial charge < -0.3 is 10.00 Å². The molecular formula is C15H15N3O2. The number of amides is 1. The lowest BCUT2D eigenvalue weighted by molar-refractivity contribution is -0.126. The van der Waals surface area contributed by atoms with E-state index in [0.29, 0.717) is 25.1 Å². The summed E-state index contributed by atoms with van der Waals surface area (Å²) in [5.41, 5.74) is 2.42. The Morgan fingerprint density at radius 3 is 2.80 bits per heavy atom. The van der Waals surface area contributed by atoms with Gasteiger partial charge in [-0.15, -0.1) is 0 Å². The number of carbonyl (C=O) groups is 1. The van der Waals surface area contributed by atoms with E-state index in [4.69, 9.17) is 0 Å². The van der Waals surface area contributed by atoms with Crippen molar-refractivity contribution >= 4 is 12.0 Å². The minimum Gasteiger partial charge on any atom is -0.334 e. The second kappa shape index (κ2) is 5.21. The molecule has 102 valence electrons. The maximum absolute atomic E-state index is 12.1. The molecule has 0 saturated carbocycles. The quantitative estimate of drug-likeness (QED) is 0.807. The highest BCUT2D eigenvalue weighted by molar-refractivity contribution is 5.91. The lowest BCUT2D eigenvalue weighted by atomic mass is 10.1. The molecule has 0 spiro atoms. The number of hydrogen-bond acceptors (Lipinski definition) is 2. The molecule has 1 aromatic heterocycles. The summed E-state index contributed by atoms with van der Waals surface area (Å²) in [5.74, 6) is -0.0693. The second-order valence-electron chi connectivity index (χ2n) is 4.79. The predicted molar refractivity (Wildman–Crippen MR) is 76.0 cm³/mol. The van der Waals surface area contributed by atoms with Crippen LogP contribution in [0.5, 0.6) is 0 Å². The highest BCUT2D eigenvalue weighted by Gasteiger charge is 2.22. The summed E-state index contributed by atoms with van der Waals surface area (Å²) < 4.78 is 0. The summed E-state index contributed by atoms with van der Waals surface area (Å²) in [4.78, 5) is 25.4. The van der Waals surface area contributed by atoms with Crippen LogP contribution in [0, 0.1) is 0 Å². The summed E-state index contributed by atoms with van der Waals surface area (Å²) in [5, 5.41) is 5.41.